The fourth-order valence-corrected chi connectivity index (χ4v) is 1.70. The zero-order valence-electron chi connectivity index (χ0n) is 7.50. The van der Waals surface area contributed by atoms with Crippen molar-refractivity contribution < 1.29 is 13.9 Å². The summed E-state index contributed by atoms with van der Waals surface area (Å²) < 4.78 is 25.5. The molecule has 1 aliphatic rings. The quantitative estimate of drug-likeness (QED) is 0.715. The number of halogens is 2. The van der Waals surface area contributed by atoms with E-state index in [-0.39, 0.29) is 6.04 Å². The van der Waals surface area contributed by atoms with Crippen molar-refractivity contribution >= 4 is 0 Å². The van der Waals surface area contributed by atoms with Crippen molar-refractivity contribution in [1.82, 2.24) is 5.32 Å². The molecule has 2 rings (SSSR count). The predicted octanol–water partition coefficient (Wildman–Crippen LogP) is 1.36. The highest BCUT2D eigenvalue weighted by Gasteiger charge is 2.23. The van der Waals surface area contributed by atoms with E-state index in [1.165, 1.54) is 12.1 Å². The molecular weight excluding hydrogens is 188 g/mol. The number of β-amino-alcohol motifs (C(OH)–C–C–N with tert-alkyl or cyclic N) is 1. The van der Waals surface area contributed by atoms with Crippen LogP contribution in [0, 0.1) is 11.6 Å². The summed E-state index contributed by atoms with van der Waals surface area (Å²) in [7, 11) is 0. The van der Waals surface area contributed by atoms with Crippen LogP contribution in [0.3, 0.4) is 0 Å². The van der Waals surface area contributed by atoms with E-state index >= 15 is 0 Å². The van der Waals surface area contributed by atoms with Crippen LogP contribution in [0.15, 0.2) is 18.2 Å². The molecule has 0 aromatic heterocycles. The van der Waals surface area contributed by atoms with Crippen LogP contribution in [0.1, 0.15) is 18.0 Å². The molecule has 1 heterocycles. The average molecular weight is 199 g/mol. The lowest BCUT2D eigenvalue weighted by molar-refractivity contribution is 0.193. The van der Waals surface area contributed by atoms with Gasteiger partial charge < -0.3 is 10.4 Å². The zero-order chi connectivity index (χ0) is 10.1. The molecule has 1 aromatic rings. The smallest absolute Gasteiger partial charge is 0.159 e. The maximum atomic E-state index is 12.9. The zero-order valence-corrected chi connectivity index (χ0v) is 7.50. The fourth-order valence-electron chi connectivity index (χ4n) is 1.70. The molecule has 76 valence electrons. The fraction of sp³-hybridized carbons (Fsp3) is 0.400. The van der Waals surface area contributed by atoms with Gasteiger partial charge in [0, 0.05) is 12.6 Å². The van der Waals surface area contributed by atoms with E-state index in [4.69, 9.17) is 0 Å². The van der Waals surface area contributed by atoms with E-state index in [1.54, 1.807) is 0 Å². The molecule has 4 heteroatoms. The third-order valence-corrected chi connectivity index (χ3v) is 2.45. The highest BCUT2D eigenvalue weighted by atomic mass is 19.2. The molecule has 0 amide bonds. The first kappa shape index (κ1) is 9.55. The number of hydrogen-bond donors (Lipinski definition) is 2. The van der Waals surface area contributed by atoms with Crippen LogP contribution in [0.25, 0.3) is 0 Å². The van der Waals surface area contributed by atoms with Crippen molar-refractivity contribution in [2.75, 3.05) is 6.54 Å². The van der Waals surface area contributed by atoms with Gasteiger partial charge in [-0.2, -0.15) is 0 Å². The number of hydrogen-bond acceptors (Lipinski definition) is 2. The Hall–Kier alpha value is -1.00. The van der Waals surface area contributed by atoms with Gasteiger partial charge in [-0.05, 0) is 24.1 Å². The Labute approximate surface area is 80.6 Å². The lowest BCUT2D eigenvalue weighted by atomic mass is 10.0. The lowest BCUT2D eigenvalue weighted by Crippen LogP contribution is -2.15. The average Bonchev–Trinajstić information content (AvgIpc) is 2.57. The molecule has 1 aromatic carbocycles. The van der Waals surface area contributed by atoms with Gasteiger partial charge in [0.2, 0.25) is 0 Å². The summed E-state index contributed by atoms with van der Waals surface area (Å²) in [5.74, 6) is -1.68. The van der Waals surface area contributed by atoms with Crippen LogP contribution in [-0.4, -0.2) is 17.8 Å². The third-order valence-electron chi connectivity index (χ3n) is 2.45. The molecule has 14 heavy (non-hydrogen) atoms. The van der Waals surface area contributed by atoms with Gasteiger partial charge in [-0.15, -0.1) is 0 Å². The second-order valence-electron chi connectivity index (χ2n) is 3.52. The topological polar surface area (TPSA) is 32.3 Å². The standard InChI is InChI=1S/C10H11F2NO/c11-8-2-1-6(3-9(8)12)10-4-7(14)5-13-10/h1-3,7,10,13-14H,4-5H2/t7-,10+/m0/s1. The number of benzene rings is 1. The summed E-state index contributed by atoms with van der Waals surface area (Å²) in [6.45, 7) is 0.504. The summed E-state index contributed by atoms with van der Waals surface area (Å²) >= 11 is 0. The molecule has 0 unspecified atom stereocenters. The van der Waals surface area contributed by atoms with Crippen LogP contribution < -0.4 is 5.32 Å². The van der Waals surface area contributed by atoms with Gasteiger partial charge in [0.05, 0.1) is 6.10 Å². The highest BCUT2D eigenvalue weighted by Crippen LogP contribution is 2.24. The van der Waals surface area contributed by atoms with Crippen molar-refractivity contribution in [1.29, 1.82) is 0 Å². The van der Waals surface area contributed by atoms with E-state index < -0.39 is 17.7 Å². The van der Waals surface area contributed by atoms with Crippen molar-refractivity contribution in [3.8, 4) is 0 Å². The Kier molecular flexibility index (Phi) is 2.48. The summed E-state index contributed by atoms with van der Waals surface area (Å²) in [6, 6.07) is 3.75. The van der Waals surface area contributed by atoms with E-state index in [9.17, 15) is 13.9 Å². The van der Waals surface area contributed by atoms with E-state index in [0.29, 0.717) is 18.5 Å². The maximum absolute atomic E-state index is 12.9. The third kappa shape index (κ3) is 1.76. The summed E-state index contributed by atoms with van der Waals surface area (Å²) in [6.07, 6.45) is 0.151. The molecule has 2 N–H and O–H groups in total. The second kappa shape index (κ2) is 3.63. The van der Waals surface area contributed by atoms with Gasteiger partial charge >= 0.3 is 0 Å². The van der Waals surface area contributed by atoms with Crippen LogP contribution >= 0.6 is 0 Å². The number of aliphatic hydroxyl groups is 1. The van der Waals surface area contributed by atoms with Crippen LogP contribution in [0.4, 0.5) is 8.78 Å². The van der Waals surface area contributed by atoms with Crippen molar-refractivity contribution in [2.24, 2.45) is 0 Å². The molecule has 0 saturated carbocycles. The highest BCUT2D eigenvalue weighted by molar-refractivity contribution is 5.22. The van der Waals surface area contributed by atoms with Crippen molar-refractivity contribution in [3.63, 3.8) is 0 Å². The molecular formula is C10H11F2NO. The van der Waals surface area contributed by atoms with E-state index in [1.807, 2.05) is 0 Å². The second-order valence-corrected chi connectivity index (χ2v) is 3.52. The minimum atomic E-state index is -0.842. The van der Waals surface area contributed by atoms with Crippen LogP contribution in [0.5, 0.6) is 0 Å². The molecule has 0 bridgehead atoms. The molecule has 2 atom stereocenters. The Morgan fingerprint density at radius 3 is 2.64 bits per heavy atom. The molecule has 2 nitrogen and oxygen atoms in total. The molecule has 1 saturated heterocycles. The first-order chi connectivity index (χ1) is 6.66. The minimum absolute atomic E-state index is 0.0694. The molecule has 0 aliphatic carbocycles. The molecule has 0 radical (unpaired) electrons. The van der Waals surface area contributed by atoms with Gasteiger partial charge in [0.15, 0.2) is 11.6 Å². The van der Waals surface area contributed by atoms with Gasteiger partial charge in [0.1, 0.15) is 0 Å². The summed E-state index contributed by atoms with van der Waals surface area (Å²) in [4.78, 5) is 0. The first-order valence-electron chi connectivity index (χ1n) is 4.53. The molecule has 1 aliphatic heterocycles. The first-order valence-corrected chi connectivity index (χ1v) is 4.53. The molecule has 1 fully saturated rings. The van der Waals surface area contributed by atoms with Crippen LogP contribution in [-0.2, 0) is 0 Å². The van der Waals surface area contributed by atoms with Crippen molar-refractivity contribution in [3.05, 3.63) is 35.4 Å². The summed E-state index contributed by atoms with van der Waals surface area (Å²) in [5, 5.41) is 12.3. The predicted molar refractivity (Wildman–Crippen MR) is 47.7 cm³/mol. The number of rotatable bonds is 1. The largest absolute Gasteiger partial charge is 0.392 e. The minimum Gasteiger partial charge on any atom is -0.392 e. The number of aliphatic hydroxyl groups excluding tert-OH is 1. The maximum Gasteiger partial charge on any atom is 0.159 e. The Bertz CT molecular complexity index is 343. The SMILES string of the molecule is O[C@@H]1CN[C@@H](c2ccc(F)c(F)c2)C1. The van der Waals surface area contributed by atoms with Crippen molar-refractivity contribution in [2.45, 2.75) is 18.6 Å². The monoisotopic (exact) mass is 199 g/mol. The molecule has 0 spiro atoms. The Balaban J connectivity index is 2.20. The number of nitrogens with one attached hydrogen (secondary N) is 1. The normalized spacial score (nSPS) is 26.8. The Morgan fingerprint density at radius 1 is 1.29 bits per heavy atom. The van der Waals surface area contributed by atoms with Gasteiger partial charge in [-0.1, -0.05) is 6.07 Å². The van der Waals surface area contributed by atoms with E-state index in [2.05, 4.69) is 5.32 Å². The van der Waals surface area contributed by atoms with Gasteiger partial charge in [0.25, 0.3) is 0 Å². The summed E-state index contributed by atoms with van der Waals surface area (Å²) in [5.41, 5.74) is 0.681. The van der Waals surface area contributed by atoms with Crippen LogP contribution in [0.2, 0.25) is 0 Å². The van der Waals surface area contributed by atoms with E-state index in [0.717, 1.165) is 6.07 Å². The Morgan fingerprint density at radius 2 is 2.07 bits per heavy atom. The van der Waals surface area contributed by atoms with Gasteiger partial charge in [-0.3, -0.25) is 0 Å². The van der Waals surface area contributed by atoms with Gasteiger partial charge in [-0.25, -0.2) is 8.78 Å². The lowest BCUT2D eigenvalue weighted by Gasteiger charge is -2.10.